The summed E-state index contributed by atoms with van der Waals surface area (Å²) in [5.41, 5.74) is -0.953. The maximum absolute atomic E-state index is 12.7. The minimum Gasteiger partial charge on any atom is -0.369 e. The van der Waals surface area contributed by atoms with Gasteiger partial charge in [-0.05, 0) is 21.0 Å². The summed E-state index contributed by atoms with van der Waals surface area (Å²) in [6.45, 7) is 3.43. The zero-order valence-corrected chi connectivity index (χ0v) is 11.2. The van der Waals surface area contributed by atoms with Gasteiger partial charge in [0.15, 0.2) is 5.69 Å². The van der Waals surface area contributed by atoms with Gasteiger partial charge < -0.3 is 15.5 Å². The van der Waals surface area contributed by atoms with Crippen LogP contribution < -0.4 is 10.6 Å². The van der Waals surface area contributed by atoms with E-state index < -0.39 is 11.9 Å². The molecule has 5 nitrogen and oxygen atoms in total. The third-order valence-corrected chi connectivity index (χ3v) is 2.22. The van der Waals surface area contributed by atoms with E-state index in [1.165, 1.54) is 0 Å². The molecule has 8 heteroatoms. The fraction of sp³-hybridized carbons (Fsp3) is 0.636. The molecule has 0 aliphatic rings. The van der Waals surface area contributed by atoms with Crippen LogP contribution in [-0.2, 0) is 6.18 Å². The van der Waals surface area contributed by atoms with E-state index in [1.54, 1.807) is 6.92 Å². The van der Waals surface area contributed by atoms with Crippen molar-refractivity contribution in [3.05, 3.63) is 11.8 Å². The van der Waals surface area contributed by atoms with Gasteiger partial charge in [0.2, 0.25) is 5.95 Å². The summed E-state index contributed by atoms with van der Waals surface area (Å²) in [7, 11) is 3.76. The zero-order valence-electron chi connectivity index (χ0n) is 11.2. The van der Waals surface area contributed by atoms with Gasteiger partial charge in [0.1, 0.15) is 5.82 Å². The standard InChI is InChI=1S/C11H18F3N5/c1-4-15-10-17-8(11(12,13)14)7-9(18-10)16-5-6-19(2)3/h7H,4-6H2,1-3H3,(H2,15,16,17,18). The van der Waals surface area contributed by atoms with Crippen molar-refractivity contribution in [1.82, 2.24) is 14.9 Å². The molecule has 0 saturated heterocycles. The van der Waals surface area contributed by atoms with E-state index in [0.717, 1.165) is 6.07 Å². The molecule has 2 N–H and O–H groups in total. The highest BCUT2D eigenvalue weighted by Gasteiger charge is 2.33. The maximum Gasteiger partial charge on any atom is 0.433 e. The quantitative estimate of drug-likeness (QED) is 0.832. The molecule has 0 aliphatic carbocycles. The lowest BCUT2D eigenvalue weighted by Gasteiger charge is -2.13. The molecular weight excluding hydrogens is 259 g/mol. The number of nitrogens with zero attached hydrogens (tertiary/aromatic N) is 3. The highest BCUT2D eigenvalue weighted by molar-refractivity contribution is 5.43. The summed E-state index contributed by atoms with van der Waals surface area (Å²) >= 11 is 0. The Bertz CT molecular complexity index is 406. The van der Waals surface area contributed by atoms with Crippen LogP contribution in [0.3, 0.4) is 0 Å². The van der Waals surface area contributed by atoms with Gasteiger partial charge in [-0.25, -0.2) is 4.98 Å². The van der Waals surface area contributed by atoms with E-state index in [4.69, 9.17) is 0 Å². The first-order chi connectivity index (χ1) is 8.82. The van der Waals surface area contributed by atoms with E-state index in [1.807, 2.05) is 19.0 Å². The highest BCUT2D eigenvalue weighted by Crippen LogP contribution is 2.29. The number of nitrogens with one attached hydrogen (secondary N) is 2. The molecule has 0 radical (unpaired) electrons. The van der Waals surface area contributed by atoms with Gasteiger partial charge in [-0.1, -0.05) is 0 Å². The maximum atomic E-state index is 12.7. The minimum atomic E-state index is -4.48. The summed E-state index contributed by atoms with van der Waals surface area (Å²) < 4.78 is 38.1. The van der Waals surface area contributed by atoms with Crippen LogP contribution in [0.2, 0.25) is 0 Å². The van der Waals surface area contributed by atoms with Crippen LogP contribution in [0, 0.1) is 0 Å². The summed E-state index contributed by atoms with van der Waals surface area (Å²) in [6.07, 6.45) is -4.48. The SMILES string of the molecule is CCNc1nc(NCCN(C)C)cc(C(F)(F)F)n1. The molecule has 0 aromatic carbocycles. The van der Waals surface area contributed by atoms with E-state index in [0.29, 0.717) is 19.6 Å². The van der Waals surface area contributed by atoms with Gasteiger partial charge in [0, 0.05) is 25.7 Å². The number of aromatic nitrogens is 2. The van der Waals surface area contributed by atoms with Crippen LogP contribution in [0.4, 0.5) is 24.9 Å². The Morgan fingerprint density at radius 3 is 2.42 bits per heavy atom. The topological polar surface area (TPSA) is 53.1 Å². The van der Waals surface area contributed by atoms with Crippen molar-refractivity contribution >= 4 is 11.8 Å². The highest BCUT2D eigenvalue weighted by atomic mass is 19.4. The third kappa shape index (κ3) is 5.29. The van der Waals surface area contributed by atoms with Crippen LogP contribution in [-0.4, -0.2) is 48.6 Å². The molecule has 19 heavy (non-hydrogen) atoms. The molecule has 0 saturated carbocycles. The van der Waals surface area contributed by atoms with Crippen molar-refractivity contribution in [1.29, 1.82) is 0 Å². The summed E-state index contributed by atoms with van der Waals surface area (Å²) in [6, 6.07) is 0.913. The summed E-state index contributed by atoms with van der Waals surface area (Å²) in [4.78, 5) is 9.34. The Kier molecular flexibility index (Phi) is 5.34. The molecule has 1 aromatic rings. The van der Waals surface area contributed by atoms with Crippen molar-refractivity contribution in [3.63, 3.8) is 0 Å². The monoisotopic (exact) mass is 277 g/mol. The summed E-state index contributed by atoms with van der Waals surface area (Å²) in [5.74, 6) is 0.143. The van der Waals surface area contributed by atoms with E-state index in [2.05, 4.69) is 20.6 Å². The lowest BCUT2D eigenvalue weighted by molar-refractivity contribution is -0.141. The number of hydrogen-bond acceptors (Lipinski definition) is 5. The van der Waals surface area contributed by atoms with E-state index in [-0.39, 0.29) is 11.8 Å². The lowest BCUT2D eigenvalue weighted by atomic mass is 10.3. The Morgan fingerprint density at radius 1 is 1.21 bits per heavy atom. The third-order valence-electron chi connectivity index (χ3n) is 2.22. The van der Waals surface area contributed by atoms with E-state index >= 15 is 0 Å². The Balaban J connectivity index is 2.87. The average molecular weight is 277 g/mol. The Labute approximate surface area is 110 Å². The average Bonchev–Trinajstić information content (AvgIpc) is 2.27. The molecule has 1 heterocycles. The first kappa shape index (κ1) is 15.5. The predicted molar refractivity (Wildman–Crippen MR) is 68.2 cm³/mol. The molecule has 0 unspecified atom stereocenters. The van der Waals surface area contributed by atoms with Gasteiger partial charge in [-0.2, -0.15) is 18.2 Å². The van der Waals surface area contributed by atoms with Crippen LogP contribution in [0.1, 0.15) is 12.6 Å². The van der Waals surface area contributed by atoms with Crippen LogP contribution in [0.15, 0.2) is 6.07 Å². The number of halogens is 3. The summed E-state index contributed by atoms with van der Waals surface area (Å²) in [5, 5.41) is 5.54. The second-order valence-corrected chi connectivity index (χ2v) is 4.22. The minimum absolute atomic E-state index is 0.0234. The molecule has 1 rings (SSSR count). The van der Waals surface area contributed by atoms with Gasteiger partial charge in [-0.3, -0.25) is 0 Å². The number of anilines is 2. The van der Waals surface area contributed by atoms with Crippen molar-refractivity contribution in [2.45, 2.75) is 13.1 Å². The second kappa shape index (κ2) is 6.55. The van der Waals surface area contributed by atoms with Crippen molar-refractivity contribution in [2.24, 2.45) is 0 Å². The molecule has 0 fully saturated rings. The van der Waals surface area contributed by atoms with Crippen molar-refractivity contribution in [2.75, 3.05) is 44.4 Å². The predicted octanol–water partition coefficient (Wildman–Crippen LogP) is 1.90. The number of hydrogen-bond donors (Lipinski definition) is 2. The fourth-order valence-electron chi connectivity index (χ4n) is 1.33. The van der Waals surface area contributed by atoms with E-state index in [9.17, 15) is 13.2 Å². The zero-order chi connectivity index (χ0) is 14.5. The van der Waals surface area contributed by atoms with Gasteiger partial charge >= 0.3 is 6.18 Å². The molecule has 0 amide bonds. The van der Waals surface area contributed by atoms with Crippen LogP contribution in [0.5, 0.6) is 0 Å². The molecule has 0 spiro atoms. The Morgan fingerprint density at radius 2 is 1.89 bits per heavy atom. The van der Waals surface area contributed by atoms with Gasteiger partial charge in [0.05, 0.1) is 0 Å². The van der Waals surface area contributed by atoms with Crippen LogP contribution >= 0.6 is 0 Å². The first-order valence-electron chi connectivity index (χ1n) is 5.91. The lowest BCUT2D eigenvalue weighted by Crippen LogP contribution is -2.22. The molecule has 0 bridgehead atoms. The molecule has 0 aliphatic heterocycles. The molecule has 0 atom stereocenters. The number of alkyl halides is 3. The smallest absolute Gasteiger partial charge is 0.369 e. The van der Waals surface area contributed by atoms with Crippen LogP contribution in [0.25, 0.3) is 0 Å². The van der Waals surface area contributed by atoms with Gasteiger partial charge in [-0.15, -0.1) is 0 Å². The van der Waals surface area contributed by atoms with Crippen molar-refractivity contribution in [3.8, 4) is 0 Å². The number of rotatable bonds is 6. The largest absolute Gasteiger partial charge is 0.433 e. The number of likely N-dealkylation sites (N-methyl/N-ethyl adjacent to an activating group) is 1. The molecule has 108 valence electrons. The van der Waals surface area contributed by atoms with Gasteiger partial charge in [0.25, 0.3) is 0 Å². The fourth-order valence-corrected chi connectivity index (χ4v) is 1.33. The Hall–Kier alpha value is -1.57. The molecular formula is C11H18F3N5. The second-order valence-electron chi connectivity index (χ2n) is 4.22. The normalized spacial score (nSPS) is 11.7. The molecule has 1 aromatic heterocycles. The first-order valence-corrected chi connectivity index (χ1v) is 5.91. The van der Waals surface area contributed by atoms with Crippen molar-refractivity contribution < 1.29 is 13.2 Å².